The Morgan fingerprint density at radius 2 is 2.36 bits per heavy atom. The number of hydrogen-bond acceptors (Lipinski definition) is 9. The third kappa shape index (κ3) is 3.17. The molecular weight excluding hydrogens is 353 g/mol. The van der Waals surface area contributed by atoms with Gasteiger partial charge < -0.3 is 15.6 Å². The summed E-state index contributed by atoms with van der Waals surface area (Å²) in [4.78, 5) is 15.7. The Kier molecular flexibility index (Phi) is 4.61. The number of phosphoric acid groups is 1. The van der Waals surface area contributed by atoms with E-state index in [0.717, 1.165) is 4.57 Å². The molecule has 1 aromatic rings. The van der Waals surface area contributed by atoms with Gasteiger partial charge in [0, 0.05) is 6.20 Å². The summed E-state index contributed by atoms with van der Waals surface area (Å²) >= 11 is 0. The van der Waals surface area contributed by atoms with Gasteiger partial charge in [0.15, 0.2) is 6.23 Å². The van der Waals surface area contributed by atoms with Gasteiger partial charge in [0.1, 0.15) is 23.6 Å². The minimum absolute atomic E-state index is 0.0407. The summed E-state index contributed by atoms with van der Waals surface area (Å²) in [6, 6.07) is 1.39. The number of aliphatic hydroxyl groups is 1. The van der Waals surface area contributed by atoms with E-state index in [1.54, 1.807) is 13.8 Å². The van der Waals surface area contributed by atoms with Crippen LogP contribution in [0.2, 0.25) is 0 Å². The first kappa shape index (κ1) is 18.2. The number of phosphoric ester groups is 1. The smallest absolute Gasteiger partial charge is 0.386 e. The topological polar surface area (TPSA) is 135 Å². The normalized spacial score (nSPS) is 37.8. The maximum Gasteiger partial charge on any atom is 0.475 e. The van der Waals surface area contributed by atoms with Crippen LogP contribution < -0.4 is 11.4 Å². The van der Waals surface area contributed by atoms with Crippen LogP contribution in [0.1, 0.15) is 20.1 Å². The van der Waals surface area contributed by atoms with Gasteiger partial charge in [0.05, 0.1) is 12.7 Å². The molecule has 11 heteroatoms. The van der Waals surface area contributed by atoms with Gasteiger partial charge in [0.2, 0.25) is 0 Å². The molecule has 25 heavy (non-hydrogen) atoms. The van der Waals surface area contributed by atoms with Gasteiger partial charge >= 0.3 is 13.5 Å². The predicted molar refractivity (Wildman–Crippen MR) is 86.6 cm³/mol. The lowest BCUT2D eigenvalue weighted by Crippen LogP contribution is -2.49. The molecule has 0 amide bonds. The molecule has 2 fully saturated rings. The quantitative estimate of drug-likeness (QED) is 0.574. The van der Waals surface area contributed by atoms with Crippen molar-refractivity contribution in [1.29, 1.82) is 0 Å². The Bertz CT molecular complexity index is 782. The third-order valence-corrected chi connectivity index (χ3v) is 5.54. The van der Waals surface area contributed by atoms with Gasteiger partial charge in [-0.15, -0.1) is 6.58 Å². The average Bonchev–Trinajstić information content (AvgIpc) is 2.80. The zero-order chi connectivity index (χ0) is 18.4. The fraction of sp³-hybridized carbons (Fsp3) is 0.571. The highest BCUT2D eigenvalue weighted by Crippen LogP contribution is 2.60. The number of nitrogens with zero attached hydrogens (tertiary/aromatic N) is 2. The number of ether oxygens (including phenoxy) is 1. The van der Waals surface area contributed by atoms with Crippen LogP contribution in [0.4, 0.5) is 5.82 Å². The summed E-state index contributed by atoms with van der Waals surface area (Å²) in [6.07, 6.45) is -1.27. The van der Waals surface area contributed by atoms with E-state index < -0.39 is 43.7 Å². The summed E-state index contributed by atoms with van der Waals surface area (Å²) in [5.74, 6) is 0.0407. The summed E-state index contributed by atoms with van der Waals surface area (Å²) < 4.78 is 35.4. The van der Waals surface area contributed by atoms with Gasteiger partial charge in [-0.2, -0.15) is 4.98 Å². The SMILES string of the molecule is C=C[C@@]12COP(=O)(OC(C)C)O[C@H]1[C@@H](O)[C@H](n1ccc(N)nc1=O)O2. The van der Waals surface area contributed by atoms with Crippen LogP contribution in [0.5, 0.6) is 0 Å². The van der Waals surface area contributed by atoms with E-state index in [2.05, 4.69) is 11.6 Å². The number of nitrogens with two attached hydrogens (primary N) is 1. The number of fused-ring (bicyclic) bond motifs is 1. The van der Waals surface area contributed by atoms with Crippen LogP contribution in [0.15, 0.2) is 29.7 Å². The monoisotopic (exact) mass is 373 g/mol. The molecule has 0 bridgehead atoms. The third-order valence-electron chi connectivity index (χ3n) is 3.93. The lowest BCUT2D eigenvalue weighted by atomic mass is 9.96. The van der Waals surface area contributed by atoms with Crippen molar-refractivity contribution in [3.8, 4) is 0 Å². The van der Waals surface area contributed by atoms with Crippen molar-refractivity contribution in [3.63, 3.8) is 0 Å². The minimum Gasteiger partial charge on any atom is -0.386 e. The highest BCUT2D eigenvalue weighted by atomic mass is 31.2. The van der Waals surface area contributed by atoms with E-state index in [0.29, 0.717) is 0 Å². The summed E-state index contributed by atoms with van der Waals surface area (Å²) in [6.45, 7) is 6.81. The Morgan fingerprint density at radius 1 is 1.64 bits per heavy atom. The predicted octanol–water partition coefficient (Wildman–Crippen LogP) is 0.588. The highest BCUT2D eigenvalue weighted by Gasteiger charge is 2.61. The van der Waals surface area contributed by atoms with Crippen molar-refractivity contribution in [2.24, 2.45) is 0 Å². The molecule has 2 aliphatic rings. The Morgan fingerprint density at radius 3 is 2.96 bits per heavy atom. The largest absolute Gasteiger partial charge is 0.475 e. The van der Waals surface area contributed by atoms with Crippen molar-refractivity contribution < 1.29 is 28.0 Å². The first-order chi connectivity index (χ1) is 11.7. The summed E-state index contributed by atoms with van der Waals surface area (Å²) in [5.41, 5.74) is 3.47. The lowest BCUT2D eigenvalue weighted by Gasteiger charge is -2.38. The van der Waals surface area contributed by atoms with E-state index in [9.17, 15) is 14.5 Å². The Balaban J connectivity index is 1.94. The van der Waals surface area contributed by atoms with Gasteiger partial charge in [-0.25, -0.2) is 9.36 Å². The second-order valence-corrected chi connectivity index (χ2v) is 7.68. The fourth-order valence-electron chi connectivity index (χ4n) is 2.79. The van der Waals surface area contributed by atoms with Gasteiger partial charge in [-0.05, 0) is 19.9 Å². The number of aliphatic hydroxyl groups excluding tert-OH is 1. The van der Waals surface area contributed by atoms with Crippen molar-refractivity contribution in [2.45, 2.75) is 44.0 Å². The molecule has 138 valence electrons. The zero-order valence-corrected chi connectivity index (χ0v) is 14.7. The molecule has 2 aliphatic heterocycles. The molecule has 1 unspecified atom stereocenters. The molecule has 5 atom stereocenters. The number of aromatic nitrogens is 2. The molecule has 0 spiro atoms. The molecule has 3 N–H and O–H groups in total. The standard InChI is InChI=1S/C14H20N3O7P/c1-4-14-7-21-25(20,23-8(2)3)24-11(14)10(18)12(22-14)17-6-5-9(15)16-13(17)19/h4-6,8,10-12,18H,1,7H2,2-3H3,(H2,15,16,19)/t10-,11+,12-,14-,25?/m1/s1. The number of hydrogen-bond donors (Lipinski definition) is 2. The van der Waals surface area contributed by atoms with E-state index in [1.807, 2.05) is 0 Å². The first-order valence-corrected chi connectivity index (χ1v) is 9.11. The number of anilines is 1. The maximum absolute atomic E-state index is 12.6. The van der Waals surface area contributed by atoms with Gasteiger partial charge in [-0.1, -0.05) is 6.08 Å². The van der Waals surface area contributed by atoms with Crippen molar-refractivity contribution >= 4 is 13.6 Å². The minimum atomic E-state index is -3.88. The van der Waals surface area contributed by atoms with E-state index >= 15 is 0 Å². The van der Waals surface area contributed by atoms with Gasteiger partial charge in [0.25, 0.3) is 0 Å². The second-order valence-electron chi connectivity index (χ2n) is 6.10. The number of nitrogen functional groups attached to an aromatic ring is 1. The molecule has 0 saturated carbocycles. The van der Waals surface area contributed by atoms with Crippen LogP contribution in [0.25, 0.3) is 0 Å². The molecular formula is C14H20N3O7P. The van der Waals surface area contributed by atoms with E-state index in [4.69, 9.17) is 24.0 Å². The second kappa shape index (κ2) is 6.31. The average molecular weight is 373 g/mol. The molecule has 3 heterocycles. The van der Waals surface area contributed by atoms with Crippen molar-refractivity contribution in [1.82, 2.24) is 9.55 Å². The van der Waals surface area contributed by atoms with Crippen LogP contribution in [0, 0.1) is 0 Å². The molecule has 1 aromatic heterocycles. The molecule has 0 radical (unpaired) electrons. The van der Waals surface area contributed by atoms with Crippen LogP contribution in [-0.2, 0) is 22.9 Å². The summed E-state index contributed by atoms with van der Waals surface area (Å²) in [5, 5.41) is 10.6. The van der Waals surface area contributed by atoms with Crippen LogP contribution in [-0.4, -0.2) is 45.2 Å². The maximum atomic E-state index is 12.6. The van der Waals surface area contributed by atoms with Crippen molar-refractivity contribution in [3.05, 3.63) is 35.4 Å². The molecule has 10 nitrogen and oxygen atoms in total. The van der Waals surface area contributed by atoms with Gasteiger partial charge in [-0.3, -0.25) is 18.1 Å². The fourth-order valence-corrected chi connectivity index (χ4v) is 4.42. The first-order valence-electron chi connectivity index (χ1n) is 7.65. The molecule has 0 aromatic carbocycles. The molecule has 2 saturated heterocycles. The van der Waals surface area contributed by atoms with Crippen molar-refractivity contribution in [2.75, 3.05) is 12.3 Å². The van der Waals surface area contributed by atoms with E-state index in [-0.39, 0.29) is 12.4 Å². The number of rotatable bonds is 4. The van der Waals surface area contributed by atoms with E-state index in [1.165, 1.54) is 18.3 Å². The highest BCUT2D eigenvalue weighted by molar-refractivity contribution is 7.48. The zero-order valence-electron chi connectivity index (χ0n) is 13.8. The van der Waals surface area contributed by atoms with Crippen LogP contribution in [0.3, 0.4) is 0 Å². The molecule has 3 rings (SSSR count). The lowest BCUT2D eigenvalue weighted by molar-refractivity contribution is -0.121. The Hall–Kier alpha value is -1.55. The Labute approximate surface area is 143 Å². The summed E-state index contributed by atoms with van der Waals surface area (Å²) in [7, 11) is -3.88. The molecule has 0 aliphatic carbocycles. The van der Waals surface area contributed by atoms with Crippen LogP contribution >= 0.6 is 7.82 Å².